The predicted octanol–water partition coefficient (Wildman–Crippen LogP) is 2.30. The lowest BCUT2D eigenvalue weighted by Crippen LogP contribution is -2.16. The minimum atomic E-state index is -1.02. The summed E-state index contributed by atoms with van der Waals surface area (Å²) in [5.41, 5.74) is 1.43. The zero-order valence-electron chi connectivity index (χ0n) is 10.7. The van der Waals surface area contributed by atoms with E-state index < -0.39 is 12.0 Å². The highest BCUT2D eigenvalue weighted by Gasteiger charge is 2.21. The van der Waals surface area contributed by atoms with Gasteiger partial charge < -0.3 is 20.2 Å². The van der Waals surface area contributed by atoms with E-state index in [0.29, 0.717) is 22.7 Å². The molecule has 0 spiro atoms. The number of hydrogen-bond donors (Lipinski definition) is 3. The third kappa shape index (κ3) is 2.76. The van der Waals surface area contributed by atoms with Crippen molar-refractivity contribution in [1.82, 2.24) is 0 Å². The zero-order valence-corrected chi connectivity index (χ0v) is 11.5. The monoisotopic (exact) mass is 306 g/mol. The summed E-state index contributed by atoms with van der Waals surface area (Å²) >= 11 is 5.68. The fourth-order valence-electron chi connectivity index (χ4n) is 2.12. The van der Waals surface area contributed by atoms with Gasteiger partial charge in [-0.25, -0.2) is 0 Å². The Bertz CT molecular complexity index is 726. The first-order valence-electron chi connectivity index (χ1n) is 6.20. The normalized spacial score (nSPS) is 15.7. The molecule has 3 N–H and O–H groups in total. The van der Waals surface area contributed by atoms with Crippen LogP contribution in [0.4, 0.5) is 11.4 Å². The third-order valence-electron chi connectivity index (χ3n) is 3.09. The average molecular weight is 307 g/mol. The molecule has 0 bridgehead atoms. The first-order chi connectivity index (χ1) is 10.0. The SMILES string of the molecule is O=C1CC(=O)Nc2cc(C(O)c3ccc(Cl)o3)ccc2N1. The first-order valence-corrected chi connectivity index (χ1v) is 6.57. The largest absolute Gasteiger partial charge is 0.447 e. The van der Waals surface area contributed by atoms with E-state index in [2.05, 4.69) is 10.6 Å². The number of fused-ring (bicyclic) bond motifs is 1. The number of aliphatic hydroxyl groups is 1. The Kier molecular flexibility index (Phi) is 3.40. The van der Waals surface area contributed by atoms with Gasteiger partial charge in [0, 0.05) is 0 Å². The molecule has 1 aliphatic heterocycles. The fourth-order valence-corrected chi connectivity index (χ4v) is 2.27. The Morgan fingerprint density at radius 3 is 2.48 bits per heavy atom. The van der Waals surface area contributed by atoms with Gasteiger partial charge in [0.2, 0.25) is 11.8 Å². The van der Waals surface area contributed by atoms with Gasteiger partial charge in [0.1, 0.15) is 18.3 Å². The molecule has 1 aromatic carbocycles. The maximum absolute atomic E-state index is 11.5. The number of nitrogens with one attached hydrogen (secondary N) is 2. The van der Waals surface area contributed by atoms with Crippen molar-refractivity contribution in [3.8, 4) is 0 Å². The van der Waals surface area contributed by atoms with E-state index in [1.807, 2.05) is 0 Å². The molecule has 0 fully saturated rings. The van der Waals surface area contributed by atoms with Crippen molar-refractivity contribution in [1.29, 1.82) is 0 Å². The molecule has 1 unspecified atom stereocenters. The Morgan fingerprint density at radius 1 is 1.10 bits per heavy atom. The molecule has 1 atom stereocenters. The second-order valence-corrected chi connectivity index (χ2v) is 5.00. The van der Waals surface area contributed by atoms with Gasteiger partial charge >= 0.3 is 0 Å². The molecule has 0 saturated heterocycles. The van der Waals surface area contributed by atoms with Crippen molar-refractivity contribution in [2.24, 2.45) is 0 Å². The molecule has 2 amide bonds. The molecule has 1 aliphatic rings. The van der Waals surface area contributed by atoms with Gasteiger partial charge in [-0.3, -0.25) is 9.59 Å². The molecule has 108 valence electrons. The molecule has 3 rings (SSSR count). The second kappa shape index (κ2) is 5.23. The summed E-state index contributed by atoms with van der Waals surface area (Å²) in [5, 5.41) is 15.7. The van der Waals surface area contributed by atoms with Crippen LogP contribution in [0.5, 0.6) is 0 Å². The topological polar surface area (TPSA) is 91.6 Å². The number of benzene rings is 1. The Morgan fingerprint density at radius 2 is 1.81 bits per heavy atom. The van der Waals surface area contributed by atoms with Gasteiger partial charge in [-0.05, 0) is 41.4 Å². The van der Waals surface area contributed by atoms with Gasteiger partial charge in [-0.15, -0.1) is 0 Å². The van der Waals surface area contributed by atoms with Crippen LogP contribution in [0.2, 0.25) is 5.22 Å². The highest BCUT2D eigenvalue weighted by atomic mass is 35.5. The molecular weight excluding hydrogens is 296 g/mol. The maximum atomic E-state index is 11.5. The summed E-state index contributed by atoms with van der Waals surface area (Å²) in [6, 6.07) is 7.93. The standard InChI is InChI=1S/C14H11ClN2O4/c15-11-4-3-10(21-11)14(20)7-1-2-8-9(5-7)17-13(19)6-12(18)16-8/h1-5,14,20H,6H2,(H,16,18)(H,17,19). The van der Waals surface area contributed by atoms with Crippen LogP contribution in [-0.4, -0.2) is 16.9 Å². The molecule has 0 radical (unpaired) electrons. The van der Waals surface area contributed by atoms with Crippen LogP contribution in [0.1, 0.15) is 23.8 Å². The van der Waals surface area contributed by atoms with Crippen molar-refractivity contribution >= 4 is 34.8 Å². The molecule has 2 aromatic rings. The van der Waals surface area contributed by atoms with Crippen molar-refractivity contribution in [3.05, 3.63) is 46.9 Å². The fraction of sp³-hybridized carbons (Fsp3) is 0.143. The van der Waals surface area contributed by atoms with Gasteiger partial charge in [-0.2, -0.15) is 0 Å². The van der Waals surface area contributed by atoms with Crippen LogP contribution in [0.25, 0.3) is 0 Å². The third-order valence-corrected chi connectivity index (χ3v) is 3.30. The van der Waals surface area contributed by atoms with Gasteiger partial charge in [-0.1, -0.05) is 6.07 Å². The zero-order chi connectivity index (χ0) is 15.0. The van der Waals surface area contributed by atoms with Gasteiger partial charge in [0.15, 0.2) is 5.22 Å². The molecule has 6 nitrogen and oxygen atoms in total. The predicted molar refractivity (Wildman–Crippen MR) is 76.1 cm³/mol. The number of halogens is 1. The molecule has 0 aliphatic carbocycles. The minimum Gasteiger partial charge on any atom is -0.447 e. The van der Waals surface area contributed by atoms with E-state index in [9.17, 15) is 14.7 Å². The van der Waals surface area contributed by atoms with Crippen LogP contribution in [0, 0.1) is 0 Å². The van der Waals surface area contributed by atoms with Crippen molar-refractivity contribution in [2.45, 2.75) is 12.5 Å². The Hall–Kier alpha value is -2.31. The summed E-state index contributed by atoms with van der Waals surface area (Å²) in [6.45, 7) is 0. The second-order valence-electron chi connectivity index (χ2n) is 4.62. The van der Waals surface area contributed by atoms with E-state index in [0.717, 1.165) is 0 Å². The molecule has 1 aromatic heterocycles. The molecule has 21 heavy (non-hydrogen) atoms. The van der Waals surface area contributed by atoms with E-state index in [4.69, 9.17) is 16.0 Å². The highest BCUT2D eigenvalue weighted by Crippen LogP contribution is 2.31. The number of furan rings is 1. The average Bonchev–Trinajstić information content (AvgIpc) is 2.79. The van der Waals surface area contributed by atoms with Crippen LogP contribution in [0.15, 0.2) is 34.7 Å². The Balaban J connectivity index is 1.95. The number of amides is 2. The van der Waals surface area contributed by atoms with Crippen molar-refractivity contribution in [2.75, 3.05) is 10.6 Å². The highest BCUT2D eigenvalue weighted by molar-refractivity contribution is 6.28. The van der Waals surface area contributed by atoms with Crippen LogP contribution < -0.4 is 10.6 Å². The van der Waals surface area contributed by atoms with Crippen molar-refractivity contribution < 1.29 is 19.1 Å². The lowest BCUT2D eigenvalue weighted by Gasteiger charge is -2.12. The maximum Gasteiger partial charge on any atom is 0.233 e. The molecule has 7 heteroatoms. The van der Waals surface area contributed by atoms with E-state index in [1.165, 1.54) is 6.07 Å². The number of carbonyl (C=O) groups excluding carboxylic acids is 2. The van der Waals surface area contributed by atoms with Crippen LogP contribution in [0.3, 0.4) is 0 Å². The minimum absolute atomic E-state index is 0.180. The van der Waals surface area contributed by atoms with Crippen LogP contribution in [-0.2, 0) is 9.59 Å². The quantitative estimate of drug-likeness (QED) is 0.742. The van der Waals surface area contributed by atoms with E-state index in [1.54, 1.807) is 24.3 Å². The lowest BCUT2D eigenvalue weighted by molar-refractivity contribution is -0.123. The summed E-state index contributed by atoms with van der Waals surface area (Å²) in [5.74, 6) is -0.486. The first kappa shape index (κ1) is 13.7. The summed E-state index contributed by atoms with van der Waals surface area (Å²) in [6.07, 6.45) is -1.25. The van der Waals surface area contributed by atoms with Crippen LogP contribution >= 0.6 is 11.6 Å². The number of rotatable bonds is 2. The number of aliphatic hydroxyl groups excluding tert-OH is 1. The summed E-state index contributed by atoms with van der Waals surface area (Å²) < 4.78 is 5.16. The Labute approximate surface area is 124 Å². The van der Waals surface area contributed by atoms with Gasteiger partial charge in [0.05, 0.1) is 11.4 Å². The smallest absolute Gasteiger partial charge is 0.233 e. The number of anilines is 2. The van der Waals surface area contributed by atoms with E-state index >= 15 is 0 Å². The number of hydrogen-bond acceptors (Lipinski definition) is 4. The molecular formula is C14H11ClN2O4. The van der Waals surface area contributed by atoms with E-state index in [-0.39, 0.29) is 17.5 Å². The van der Waals surface area contributed by atoms with Gasteiger partial charge in [0.25, 0.3) is 0 Å². The number of carbonyl (C=O) groups is 2. The molecule has 2 heterocycles. The molecule has 0 saturated carbocycles. The summed E-state index contributed by atoms with van der Waals surface area (Å²) in [7, 11) is 0. The van der Waals surface area contributed by atoms with Crippen molar-refractivity contribution in [3.63, 3.8) is 0 Å². The lowest BCUT2D eigenvalue weighted by atomic mass is 10.1. The summed E-state index contributed by atoms with van der Waals surface area (Å²) in [4.78, 5) is 23.0.